The number of hydrogen-bond donors (Lipinski definition) is 1. The lowest BCUT2D eigenvalue weighted by Crippen LogP contribution is -2.18. The number of aryl methyl sites for hydroxylation is 2. The predicted molar refractivity (Wildman–Crippen MR) is 84.2 cm³/mol. The first-order valence-electron chi connectivity index (χ1n) is 7.04. The van der Waals surface area contributed by atoms with Gasteiger partial charge in [0.2, 0.25) is 0 Å². The fraction of sp³-hybridized carbons (Fsp3) is 0.333. The van der Waals surface area contributed by atoms with Crippen LogP contribution in [-0.4, -0.2) is 7.11 Å². The Labute approximate surface area is 121 Å². The van der Waals surface area contributed by atoms with Gasteiger partial charge in [0.05, 0.1) is 7.11 Å². The van der Waals surface area contributed by atoms with Gasteiger partial charge in [-0.2, -0.15) is 0 Å². The summed E-state index contributed by atoms with van der Waals surface area (Å²) < 4.78 is 5.41. The van der Waals surface area contributed by atoms with E-state index in [4.69, 9.17) is 4.74 Å². The topological polar surface area (TPSA) is 21.3 Å². The maximum absolute atomic E-state index is 5.41. The van der Waals surface area contributed by atoms with Crippen molar-refractivity contribution in [3.63, 3.8) is 0 Å². The van der Waals surface area contributed by atoms with E-state index in [0.29, 0.717) is 0 Å². The summed E-state index contributed by atoms with van der Waals surface area (Å²) in [4.78, 5) is 0. The Balaban J connectivity index is 2.04. The largest absolute Gasteiger partial charge is 0.496 e. The molecule has 0 amide bonds. The smallest absolute Gasteiger partial charge is 0.123 e. The van der Waals surface area contributed by atoms with Gasteiger partial charge in [-0.25, -0.2) is 0 Å². The van der Waals surface area contributed by atoms with Gasteiger partial charge in [0.15, 0.2) is 0 Å². The van der Waals surface area contributed by atoms with Crippen molar-refractivity contribution in [3.8, 4) is 5.75 Å². The molecule has 0 aliphatic carbocycles. The second-order valence-electron chi connectivity index (χ2n) is 5.26. The summed E-state index contributed by atoms with van der Waals surface area (Å²) in [5.74, 6) is 0.938. The molecule has 0 aromatic heterocycles. The number of ether oxygens (including phenoxy) is 1. The van der Waals surface area contributed by atoms with E-state index in [2.05, 4.69) is 50.4 Å². The minimum absolute atomic E-state index is 0.257. The van der Waals surface area contributed by atoms with Crippen LogP contribution in [-0.2, 0) is 6.54 Å². The van der Waals surface area contributed by atoms with Crippen LogP contribution in [0.3, 0.4) is 0 Å². The average Bonchev–Trinajstić information content (AvgIpc) is 2.48. The molecule has 0 aliphatic rings. The number of benzene rings is 2. The zero-order chi connectivity index (χ0) is 14.5. The maximum atomic E-state index is 5.41. The summed E-state index contributed by atoms with van der Waals surface area (Å²) >= 11 is 0. The van der Waals surface area contributed by atoms with Crippen LogP contribution in [0.4, 0.5) is 0 Å². The van der Waals surface area contributed by atoms with E-state index >= 15 is 0 Å². The number of hydrogen-bond acceptors (Lipinski definition) is 2. The van der Waals surface area contributed by atoms with Crippen LogP contribution in [0.1, 0.15) is 35.2 Å². The molecule has 2 aromatic rings. The first kappa shape index (κ1) is 14.6. The van der Waals surface area contributed by atoms with Crippen LogP contribution in [0.5, 0.6) is 5.75 Å². The molecule has 2 nitrogen and oxygen atoms in total. The predicted octanol–water partition coefficient (Wildman–Crippen LogP) is 4.16. The highest BCUT2D eigenvalue weighted by Gasteiger charge is 2.10. The van der Waals surface area contributed by atoms with Gasteiger partial charge in [0, 0.05) is 18.2 Å². The van der Waals surface area contributed by atoms with Crippen molar-refractivity contribution in [3.05, 3.63) is 64.7 Å². The van der Waals surface area contributed by atoms with E-state index in [1.807, 2.05) is 18.2 Å². The van der Waals surface area contributed by atoms with Crippen molar-refractivity contribution in [2.45, 2.75) is 33.4 Å². The summed E-state index contributed by atoms with van der Waals surface area (Å²) in [6.07, 6.45) is 0. The van der Waals surface area contributed by atoms with Crippen LogP contribution < -0.4 is 10.1 Å². The van der Waals surface area contributed by atoms with Crippen molar-refractivity contribution in [1.29, 1.82) is 0 Å². The molecule has 2 heteroatoms. The normalized spacial score (nSPS) is 12.2. The molecule has 0 unspecified atom stereocenters. The second kappa shape index (κ2) is 6.58. The molecular formula is C18H23NO. The molecule has 0 bridgehead atoms. The molecule has 0 spiro atoms. The lowest BCUT2D eigenvalue weighted by Gasteiger charge is -2.17. The molecule has 20 heavy (non-hydrogen) atoms. The SMILES string of the molecule is COc1ccccc1[C@@H](C)NCc1ccc(C)c(C)c1. The average molecular weight is 269 g/mol. The Kier molecular flexibility index (Phi) is 4.80. The van der Waals surface area contributed by atoms with E-state index in [0.717, 1.165) is 12.3 Å². The molecule has 0 saturated heterocycles. The van der Waals surface area contributed by atoms with Crippen molar-refractivity contribution < 1.29 is 4.74 Å². The Morgan fingerprint density at radius 1 is 1.05 bits per heavy atom. The number of methoxy groups -OCH3 is 1. The van der Waals surface area contributed by atoms with Crippen molar-refractivity contribution in [1.82, 2.24) is 5.32 Å². The molecule has 1 atom stereocenters. The number of para-hydroxylation sites is 1. The monoisotopic (exact) mass is 269 g/mol. The lowest BCUT2D eigenvalue weighted by molar-refractivity contribution is 0.401. The van der Waals surface area contributed by atoms with Crippen molar-refractivity contribution in [2.75, 3.05) is 7.11 Å². The Bertz CT molecular complexity index is 577. The number of nitrogens with one attached hydrogen (secondary N) is 1. The first-order valence-corrected chi connectivity index (χ1v) is 7.04. The molecule has 0 radical (unpaired) electrons. The summed E-state index contributed by atoms with van der Waals surface area (Å²) in [6.45, 7) is 7.33. The molecule has 106 valence electrons. The van der Waals surface area contributed by atoms with E-state index in [1.165, 1.54) is 22.3 Å². The summed E-state index contributed by atoms with van der Waals surface area (Å²) in [6, 6.07) is 15.0. The summed E-state index contributed by atoms with van der Waals surface area (Å²) in [5, 5.41) is 3.56. The molecule has 0 saturated carbocycles. The zero-order valence-corrected chi connectivity index (χ0v) is 12.7. The highest BCUT2D eigenvalue weighted by atomic mass is 16.5. The van der Waals surface area contributed by atoms with E-state index in [9.17, 15) is 0 Å². The molecule has 0 heterocycles. The highest BCUT2D eigenvalue weighted by Crippen LogP contribution is 2.24. The van der Waals surface area contributed by atoms with Gasteiger partial charge < -0.3 is 10.1 Å². The van der Waals surface area contributed by atoms with Gasteiger partial charge in [-0.1, -0.05) is 36.4 Å². The van der Waals surface area contributed by atoms with Gasteiger partial charge in [-0.3, -0.25) is 0 Å². The molecule has 0 aliphatic heterocycles. The van der Waals surface area contributed by atoms with E-state index in [1.54, 1.807) is 7.11 Å². The van der Waals surface area contributed by atoms with Crippen LogP contribution in [0.2, 0.25) is 0 Å². The second-order valence-corrected chi connectivity index (χ2v) is 5.26. The third-order valence-electron chi connectivity index (χ3n) is 3.79. The standard InChI is InChI=1S/C18H23NO/c1-13-9-10-16(11-14(13)2)12-19-15(3)17-7-5-6-8-18(17)20-4/h5-11,15,19H,12H2,1-4H3/t15-/m1/s1. The fourth-order valence-electron chi connectivity index (χ4n) is 2.32. The Morgan fingerprint density at radius 2 is 1.80 bits per heavy atom. The maximum Gasteiger partial charge on any atom is 0.123 e. The fourth-order valence-corrected chi connectivity index (χ4v) is 2.32. The third kappa shape index (κ3) is 3.40. The van der Waals surface area contributed by atoms with Gasteiger partial charge in [-0.15, -0.1) is 0 Å². The Hall–Kier alpha value is -1.80. The van der Waals surface area contributed by atoms with Crippen molar-refractivity contribution >= 4 is 0 Å². The van der Waals surface area contributed by atoms with Crippen LogP contribution in [0, 0.1) is 13.8 Å². The molecule has 2 aromatic carbocycles. The summed E-state index contributed by atoms with van der Waals surface area (Å²) in [5.41, 5.74) is 5.19. The molecule has 1 N–H and O–H groups in total. The van der Waals surface area contributed by atoms with Crippen LogP contribution in [0.25, 0.3) is 0 Å². The van der Waals surface area contributed by atoms with E-state index < -0.39 is 0 Å². The van der Waals surface area contributed by atoms with Gasteiger partial charge in [0.1, 0.15) is 5.75 Å². The van der Waals surface area contributed by atoms with Crippen LogP contribution in [0.15, 0.2) is 42.5 Å². The highest BCUT2D eigenvalue weighted by molar-refractivity contribution is 5.36. The van der Waals surface area contributed by atoms with Gasteiger partial charge in [0.25, 0.3) is 0 Å². The first-order chi connectivity index (χ1) is 9.61. The van der Waals surface area contributed by atoms with Crippen LogP contribution >= 0.6 is 0 Å². The minimum atomic E-state index is 0.257. The van der Waals surface area contributed by atoms with E-state index in [-0.39, 0.29) is 6.04 Å². The van der Waals surface area contributed by atoms with Gasteiger partial charge in [-0.05, 0) is 43.5 Å². The zero-order valence-electron chi connectivity index (χ0n) is 12.7. The molecule has 2 rings (SSSR count). The summed E-state index contributed by atoms with van der Waals surface area (Å²) in [7, 11) is 1.72. The van der Waals surface area contributed by atoms with Crippen molar-refractivity contribution in [2.24, 2.45) is 0 Å². The Morgan fingerprint density at radius 3 is 2.50 bits per heavy atom. The lowest BCUT2D eigenvalue weighted by atomic mass is 10.0. The quantitative estimate of drug-likeness (QED) is 0.880. The minimum Gasteiger partial charge on any atom is -0.496 e. The van der Waals surface area contributed by atoms with Gasteiger partial charge >= 0.3 is 0 Å². The molecule has 0 fully saturated rings. The third-order valence-corrected chi connectivity index (χ3v) is 3.79. The molecular weight excluding hydrogens is 246 g/mol. The number of rotatable bonds is 5.